The van der Waals surface area contributed by atoms with Crippen molar-refractivity contribution in [2.45, 2.75) is 37.8 Å². The zero-order valence-corrected chi connectivity index (χ0v) is 10.2. The van der Waals surface area contributed by atoms with E-state index in [0.717, 1.165) is 19.0 Å². The number of esters is 1. The molecule has 4 nitrogen and oxygen atoms in total. The number of nitrogens with one attached hydrogen (secondary N) is 1. The molecule has 1 aliphatic carbocycles. The van der Waals surface area contributed by atoms with Crippen LogP contribution in [0.5, 0.6) is 0 Å². The summed E-state index contributed by atoms with van der Waals surface area (Å²) < 4.78 is 4.79. The highest BCUT2D eigenvalue weighted by Gasteiger charge is 2.34. The summed E-state index contributed by atoms with van der Waals surface area (Å²) in [7, 11) is 5.35. The van der Waals surface area contributed by atoms with E-state index < -0.39 is 5.54 Å². The van der Waals surface area contributed by atoms with Crippen molar-refractivity contribution in [3.05, 3.63) is 0 Å². The summed E-state index contributed by atoms with van der Waals surface area (Å²) in [6.45, 7) is 2.82. The van der Waals surface area contributed by atoms with Gasteiger partial charge in [-0.15, -0.1) is 0 Å². The lowest BCUT2D eigenvalue weighted by Gasteiger charge is -2.28. The molecule has 0 aliphatic heterocycles. The molecule has 1 saturated carbocycles. The molecule has 0 spiro atoms. The third-order valence-electron chi connectivity index (χ3n) is 3.32. The van der Waals surface area contributed by atoms with E-state index in [1.807, 2.05) is 6.92 Å². The van der Waals surface area contributed by atoms with Crippen molar-refractivity contribution < 1.29 is 9.53 Å². The Balaban J connectivity index is 2.40. The quantitative estimate of drug-likeness (QED) is 0.658. The summed E-state index contributed by atoms with van der Waals surface area (Å²) in [4.78, 5) is 13.9. The molecule has 1 unspecified atom stereocenters. The average molecular weight is 214 g/mol. The average Bonchev–Trinajstić information content (AvgIpc) is 3.07. The molecular weight excluding hydrogens is 192 g/mol. The number of nitrogens with zero attached hydrogens (tertiary/aromatic N) is 1. The van der Waals surface area contributed by atoms with Crippen LogP contribution in [0.4, 0.5) is 0 Å². The van der Waals surface area contributed by atoms with Gasteiger partial charge in [0.2, 0.25) is 0 Å². The first kappa shape index (κ1) is 12.5. The molecule has 0 aromatic carbocycles. The topological polar surface area (TPSA) is 41.6 Å². The van der Waals surface area contributed by atoms with E-state index >= 15 is 0 Å². The monoisotopic (exact) mass is 214 g/mol. The smallest absolute Gasteiger partial charge is 0.325 e. The van der Waals surface area contributed by atoms with Crippen molar-refractivity contribution in [3.63, 3.8) is 0 Å². The number of carbonyl (C=O) groups excluding carboxylic acids is 1. The van der Waals surface area contributed by atoms with E-state index in [2.05, 4.69) is 17.3 Å². The maximum Gasteiger partial charge on any atom is 0.325 e. The Morgan fingerprint density at radius 2 is 2.20 bits per heavy atom. The van der Waals surface area contributed by atoms with Gasteiger partial charge in [-0.1, -0.05) is 0 Å². The van der Waals surface area contributed by atoms with Crippen molar-refractivity contribution in [3.8, 4) is 0 Å². The molecule has 0 heterocycles. The molecule has 0 bridgehead atoms. The first-order valence-electron chi connectivity index (χ1n) is 5.51. The molecule has 0 saturated heterocycles. The fourth-order valence-electron chi connectivity index (χ4n) is 1.65. The molecule has 4 heteroatoms. The number of ether oxygens (including phenoxy) is 1. The van der Waals surface area contributed by atoms with Crippen molar-refractivity contribution in [1.82, 2.24) is 10.2 Å². The van der Waals surface area contributed by atoms with Gasteiger partial charge < -0.3 is 15.0 Å². The molecule has 0 radical (unpaired) electrons. The van der Waals surface area contributed by atoms with E-state index in [1.54, 1.807) is 7.05 Å². The van der Waals surface area contributed by atoms with E-state index in [0.29, 0.717) is 0 Å². The van der Waals surface area contributed by atoms with Gasteiger partial charge in [0.05, 0.1) is 7.11 Å². The third kappa shape index (κ3) is 3.18. The molecule has 88 valence electrons. The summed E-state index contributed by atoms with van der Waals surface area (Å²) in [5.41, 5.74) is -0.558. The van der Waals surface area contributed by atoms with Gasteiger partial charge in [0.1, 0.15) is 5.54 Å². The van der Waals surface area contributed by atoms with Gasteiger partial charge in [-0.25, -0.2) is 0 Å². The molecule has 1 aliphatic rings. The van der Waals surface area contributed by atoms with Gasteiger partial charge in [0.15, 0.2) is 0 Å². The van der Waals surface area contributed by atoms with Gasteiger partial charge in [-0.2, -0.15) is 0 Å². The number of carbonyl (C=O) groups is 1. The number of likely N-dealkylation sites (N-methyl/N-ethyl adjacent to an activating group) is 1. The minimum Gasteiger partial charge on any atom is -0.468 e. The summed E-state index contributed by atoms with van der Waals surface area (Å²) >= 11 is 0. The van der Waals surface area contributed by atoms with Gasteiger partial charge in [0, 0.05) is 12.6 Å². The molecule has 1 fully saturated rings. The minimum absolute atomic E-state index is 0.186. The fourth-order valence-corrected chi connectivity index (χ4v) is 1.65. The standard InChI is InChI=1S/C11H22N2O2/c1-11(12-2,10(14)15-4)7-8-13(3)9-5-6-9/h9,12H,5-8H2,1-4H3. The highest BCUT2D eigenvalue weighted by atomic mass is 16.5. The maximum atomic E-state index is 11.6. The molecule has 15 heavy (non-hydrogen) atoms. The van der Waals surface area contributed by atoms with Gasteiger partial charge in [-0.05, 0) is 40.3 Å². The van der Waals surface area contributed by atoms with Crippen LogP contribution in [0.3, 0.4) is 0 Å². The largest absolute Gasteiger partial charge is 0.468 e. The van der Waals surface area contributed by atoms with Crippen molar-refractivity contribution >= 4 is 5.97 Å². The van der Waals surface area contributed by atoms with Crippen molar-refractivity contribution in [1.29, 1.82) is 0 Å². The summed E-state index contributed by atoms with van der Waals surface area (Å²) in [5.74, 6) is -0.186. The van der Waals surface area contributed by atoms with Crippen LogP contribution in [-0.2, 0) is 9.53 Å². The van der Waals surface area contributed by atoms with Crippen LogP contribution in [0.2, 0.25) is 0 Å². The number of hydrogen-bond donors (Lipinski definition) is 1. The Morgan fingerprint density at radius 3 is 2.60 bits per heavy atom. The number of hydrogen-bond acceptors (Lipinski definition) is 4. The molecule has 1 N–H and O–H groups in total. The van der Waals surface area contributed by atoms with E-state index in [9.17, 15) is 4.79 Å². The summed E-state index contributed by atoms with van der Waals surface area (Å²) in [6, 6.07) is 0.740. The second-order valence-electron chi connectivity index (χ2n) is 4.54. The normalized spacial score (nSPS) is 20.1. The Morgan fingerprint density at radius 1 is 1.60 bits per heavy atom. The molecule has 0 aromatic rings. The van der Waals surface area contributed by atoms with E-state index in [4.69, 9.17) is 4.74 Å². The first-order valence-corrected chi connectivity index (χ1v) is 5.51. The fraction of sp³-hybridized carbons (Fsp3) is 0.909. The predicted octanol–water partition coefficient (Wildman–Crippen LogP) is 0.622. The maximum absolute atomic E-state index is 11.6. The lowest BCUT2D eigenvalue weighted by atomic mass is 9.98. The van der Waals surface area contributed by atoms with E-state index in [1.165, 1.54) is 20.0 Å². The van der Waals surface area contributed by atoms with Gasteiger partial charge in [-0.3, -0.25) is 4.79 Å². The lowest BCUT2D eigenvalue weighted by Crippen LogP contribution is -2.50. The van der Waals surface area contributed by atoms with Crippen LogP contribution >= 0.6 is 0 Å². The second-order valence-corrected chi connectivity index (χ2v) is 4.54. The lowest BCUT2D eigenvalue weighted by molar-refractivity contribution is -0.148. The number of methoxy groups -OCH3 is 1. The zero-order valence-electron chi connectivity index (χ0n) is 10.2. The number of rotatable bonds is 6. The SMILES string of the molecule is CNC(C)(CCN(C)C1CC1)C(=O)OC. The molecular formula is C11H22N2O2. The van der Waals surface area contributed by atoms with Crippen LogP contribution < -0.4 is 5.32 Å². The summed E-state index contributed by atoms with van der Waals surface area (Å²) in [6.07, 6.45) is 3.37. The highest BCUT2D eigenvalue weighted by Crippen LogP contribution is 2.26. The van der Waals surface area contributed by atoms with Crippen LogP contribution in [0.1, 0.15) is 26.2 Å². The van der Waals surface area contributed by atoms with Crippen molar-refractivity contribution in [2.75, 3.05) is 27.7 Å². The Kier molecular flexibility index (Phi) is 4.11. The van der Waals surface area contributed by atoms with Gasteiger partial charge in [0.25, 0.3) is 0 Å². The Hall–Kier alpha value is -0.610. The molecule has 1 rings (SSSR count). The highest BCUT2D eigenvalue weighted by molar-refractivity contribution is 5.80. The van der Waals surface area contributed by atoms with E-state index in [-0.39, 0.29) is 5.97 Å². The third-order valence-corrected chi connectivity index (χ3v) is 3.32. The predicted molar refractivity (Wildman–Crippen MR) is 59.7 cm³/mol. The second kappa shape index (κ2) is 4.94. The minimum atomic E-state index is -0.558. The molecule has 1 atom stereocenters. The van der Waals surface area contributed by atoms with Crippen LogP contribution in [0.15, 0.2) is 0 Å². The Labute approximate surface area is 92.0 Å². The zero-order chi connectivity index (χ0) is 11.5. The van der Waals surface area contributed by atoms with Crippen LogP contribution in [0, 0.1) is 0 Å². The molecule has 0 aromatic heterocycles. The molecule has 0 amide bonds. The Bertz CT molecular complexity index is 229. The summed E-state index contributed by atoms with van der Waals surface area (Å²) in [5, 5.41) is 3.04. The van der Waals surface area contributed by atoms with Crippen LogP contribution in [0.25, 0.3) is 0 Å². The van der Waals surface area contributed by atoms with Crippen molar-refractivity contribution in [2.24, 2.45) is 0 Å². The first-order chi connectivity index (χ1) is 7.03. The van der Waals surface area contributed by atoms with Crippen LogP contribution in [-0.4, -0.2) is 50.2 Å². The van der Waals surface area contributed by atoms with Gasteiger partial charge >= 0.3 is 5.97 Å².